The van der Waals surface area contributed by atoms with Crippen molar-refractivity contribution in [2.24, 2.45) is 0 Å². The molecule has 0 spiro atoms. The number of likely N-dealkylation sites (N-methyl/N-ethyl adjacent to an activating group) is 1. The lowest BCUT2D eigenvalue weighted by atomic mass is 9.94. The van der Waals surface area contributed by atoms with Gasteiger partial charge in [0, 0.05) is 5.56 Å². The number of aliphatic hydroxyl groups excluding tert-OH is 1. The number of hydrogen-bond donors (Lipinski definition) is 2. The highest BCUT2D eigenvalue weighted by Gasteiger charge is 2.46. The summed E-state index contributed by atoms with van der Waals surface area (Å²) in [6.07, 6.45) is 0. The van der Waals surface area contributed by atoms with Gasteiger partial charge < -0.3 is 19.6 Å². The van der Waals surface area contributed by atoms with Gasteiger partial charge in [-0.3, -0.25) is 9.59 Å². The molecular formula is C23H26FN2O4+. The molecule has 7 heteroatoms. The predicted octanol–water partition coefficient (Wildman–Crippen LogP) is 1.71. The van der Waals surface area contributed by atoms with Gasteiger partial charge in [-0.05, 0) is 48.4 Å². The summed E-state index contributed by atoms with van der Waals surface area (Å²) in [4.78, 5) is 28.3. The van der Waals surface area contributed by atoms with Gasteiger partial charge in [0.1, 0.15) is 17.3 Å². The fourth-order valence-electron chi connectivity index (χ4n) is 3.62. The van der Waals surface area contributed by atoms with Crippen molar-refractivity contribution in [1.29, 1.82) is 0 Å². The Bertz CT molecular complexity index is 999. The predicted molar refractivity (Wildman–Crippen MR) is 111 cm³/mol. The molecule has 0 radical (unpaired) electrons. The Morgan fingerprint density at radius 2 is 1.83 bits per heavy atom. The van der Waals surface area contributed by atoms with Gasteiger partial charge in [0.05, 0.1) is 45.9 Å². The van der Waals surface area contributed by atoms with Crippen molar-refractivity contribution in [1.82, 2.24) is 4.90 Å². The molecule has 0 unspecified atom stereocenters. The summed E-state index contributed by atoms with van der Waals surface area (Å²) in [6.45, 7) is 2.73. The lowest BCUT2D eigenvalue weighted by molar-refractivity contribution is -0.857. The van der Waals surface area contributed by atoms with Crippen LogP contribution < -0.4 is 9.64 Å². The molecule has 2 N–H and O–H groups in total. The van der Waals surface area contributed by atoms with Crippen LogP contribution in [-0.2, 0) is 9.59 Å². The van der Waals surface area contributed by atoms with Crippen molar-refractivity contribution in [3.63, 3.8) is 0 Å². The average Bonchev–Trinajstić information content (AvgIpc) is 2.96. The molecule has 3 rings (SSSR count). The first-order valence-electron chi connectivity index (χ1n) is 9.72. The number of carbonyl (C=O) groups is 2. The third kappa shape index (κ3) is 4.07. The first-order valence-corrected chi connectivity index (χ1v) is 9.72. The van der Waals surface area contributed by atoms with Crippen LogP contribution in [0.15, 0.2) is 48.0 Å². The van der Waals surface area contributed by atoms with Crippen LogP contribution in [0.1, 0.15) is 22.7 Å². The number of quaternary nitrogens is 1. The molecule has 2 aromatic rings. The molecule has 0 aliphatic carbocycles. The van der Waals surface area contributed by atoms with Crippen molar-refractivity contribution >= 4 is 17.4 Å². The highest BCUT2D eigenvalue weighted by atomic mass is 19.1. The van der Waals surface area contributed by atoms with E-state index in [1.807, 2.05) is 14.1 Å². The van der Waals surface area contributed by atoms with Gasteiger partial charge in [-0.1, -0.05) is 12.1 Å². The molecule has 1 atom stereocenters. The second-order valence-electron chi connectivity index (χ2n) is 7.68. The summed E-state index contributed by atoms with van der Waals surface area (Å²) in [5.74, 6) is -1.46. The molecule has 1 aliphatic rings. The third-order valence-corrected chi connectivity index (χ3v) is 5.27. The lowest BCUT2D eigenvalue weighted by Gasteiger charge is -2.25. The third-order valence-electron chi connectivity index (χ3n) is 5.27. The maximum Gasteiger partial charge on any atom is 0.295 e. The van der Waals surface area contributed by atoms with Crippen LogP contribution in [0.5, 0.6) is 5.75 Å². The molecule has 0 aromatic heterocycles. The zero-order valence-corrected chi connectivity index (χ0v) is 17.5. The molecule has 1 aliphatic heterocycles. The molecule has 6 nitrogen and oxygen atoms in total. The van der Waals surface area contributed by atoms with Gasteiger partial charge >= 0.3 is 0 Å². The first-order chi connectivity index (χ1) is 14.2. The van der Waals surface area contributed by atoms with Crippen LogP contribution in [0.2, 0.25) is 0 Å². The number of hydrogen-bond acceptors (Lipinski definition) is 4. The molecule has 30 heavy (non-hydrogen) atoms. The Morgan fingerprint density at radius 3 is 2.40 bits per heavy atom. The molecular weight excluding hydrogens is 387 g/mol. The Labute approximate surface area is 175 Å². The van der Waals surface area contributed by atoms with Crippen LogP contribution >= 0.6 is 0 Å². The van der Waals surface area contributed by atoms with Gasteiger partial charge in [0.15, 0.2) is 0 Å². The minimum atomic E-state index is -0.786. The molecule has 2 aromatic carbocycles. The summed E-state index contributed by atoms with van der Waals surface area (Å²) < 4.78 is 18.7. The Balaban J connectivity index is 2.16. The number of rotatable bonds is 6. The van der Waals surface area contributed by atoms with E-state index in [-0.39, 0.29) is 11.3 Å². The van der Waals surface area contributed by atoms with Gasteiger partial charge in [0.2, 0.25) is 0 Å². The number of aryl methyl sites for hydroxylation is 1. The van der Waals surface area contributed by atoms with Crippen LogP contribution in [0.25, 0.3) is 5.76 Å². The van der Waals surface area contributed by atoms with Crippen molar-refractivity contribution < 1.29 is 28.7 Å². The number of likely N-dealkylation sites (tertiary alicyclic amines) is 1. The number of carbonyl (C=O) groups excluding carboxylic acids is 2. The molecule has 1 heterocycles. The van der Waals surface area contributed by atoms with Crippen LogP contribution in [0.4, 0.5) is 4.39 Å². The lowest BCUT2D eigenvalue weighted by Crippen LogP contribution is -3.06. The van der Waals surface area contributed by atoms with Crippen LogP contribution in [0, 0.1) is 12.7 Å². The summed E-state index contributed by atoms with van der Waals surface area (Å²) in [5, 5.41) is 11.1. The smallest absolute Gasteiger partial charge is 0.295 e. The topological polar surface area (TPSA) is 71.3 Å². The SMILES string of the molecule is COc1ccc(C(O)=C2C(=O)C(=O)N(CC[NH+](C)C)[C@@H]2c2ccc(F)cc2)c(C)c1. The Kier molecular flexibility index (Phi) is 6.22. The Hall–Kier alpha value is -3.19. The van der Waals surface area contributed by atoms with E-state index in [0.29, 0.717) is 35.5 Å². The van der Waals surface area contributed by atoms with Gasteiger partial charge in [-0.2, -0.15) is 0 Å². The number of Topliss-reactive ketones (excluding diaryl/α,β-unsaturated/α-hetero) is 1. The molecule has 1 amide bonds. The minimum absolute atomic E-state index is 0.00799. The number of aliphatic hydroxyl groups is 1. The molecule has 1 saturated heterocycles. The maximum atomic E-state index is 13.5. The van der Waals surface area contributed by atoms with E-state index in [0.717, 1.165) is 4.90 Å². The van der Waals surface area contributed by atoms with Crippen molar-refractivity contribution in [3.8, 4) is 5.75 Å². The van der Waals surface area contributed by atoms with Crippen molar-refractivity contribution in [2.75, 3.05) is 34.3 Å². The van der Waals surface area contributed by atoms with Gasteiger partial charge in [-0.15, -0.1) is 0 Å². The highest BCUT2D eigenvalue weighted by molar-refractivity contribution is 6.46. The van der Waals surface area contributed by atoms with Crippen LogP contribution in [-0.4, -0.2) is 56.0 Å². The van der Waals surface area contributed by atoms with E-state index in [2.05, 4.69) is 0 Å². The second kappa shape index (κ2) is 8.67. The van der Waals surface area contributed by atoms with Crippen LogP contribution in [0.3, 0.4) is 0 Å². The summed E-state index contributed by atoms with van der Waals surface area (Å²) in [7, 11) is 5.44. The fourth-order valence-corrected chi connectivity index (χ4v) is 3.62. The monoisotopic (exact) mass is 413 g/mol. The van der Waals surface area contributed by atoms with E-state index in [4.69, 9.17) is 4.74 Å². The quantitative estimate of drug-likeness (QED) is 0.430. The van der Waals surface area contributed by atoms with E-state index in [1.54, 1.807) is 32.2 Å². The number of nitrogens with one attached hydrogen (secondary N) is 1. The number of nitrogens with zero attached hydrogens (tertiary/aromatic N) is 1. The summed E-state index contributed by atoms with van der Waals surface area (Å²) >= 11 is 0. The van der Waals surface area contributed by atoms with Gasteiger partial charge in [-0.25, -0.2) is 4.39 Å². The fraction of sp³-hybridized carbons (Fsp3) is 0.304. The Morgan fingerprint density at radius 1 is 1.17 bits per heavy atom. The van der Waals surface area contributed by atoms with E-state index in [1.165, 1.54) is 29.2 Å². The van der Waals surface area contributed by atoms with E-state index < -0.39 is 23.5 Å². The number of methoxy groups -OCH3 is 1. The van der Waals surface area contributed by atoms with Crippen molar-refractivity contribution in [3.05, 3.63) is 70.5 Å². The zero-order chi connectivity index (χ0) is 22.0. The van der Waals surface area contributed by atoms with Crippen molar-refractivity contribution in [2.45, 2.75) is 13.0 Å². The first kappa shape index (κ1) is 21.5. The normalized spacial score (nSPS) is 18.3. The highest BCUT2D eigenvalue weighted by Crippen LogP contribution is 2.39. The molecule has 0 bridgehead atoms. The number of amides is 1. The molecule has 1 fully saturated rings. The summed E-state index contributed by atoms with van der Waals surface area (Å²) in [6, 6.07) is 9.93. The number of ether oxygens (including phenoxy) is 1. The largest absolute Gasteiger partial charge is 0.507 e. The summed E-state index contributed by atoms with van der Waals surface area (Å²) in [5.41, 5.74) is 1.72. The average molecular weight is 413 g/mol. The number of benzene rings is 2. The van der Waals surface area contributed by atoms with E-state index in [9.17, 15) is 19.1 Å². The molecule has 158 valence electrons. The number of halogens is 1. The maximum absolute atomic E-state index is 13.5. The number of ketones is 1. The second-order valence-corrected chi connectivity index (χ2v) is 7.68. The zero-order valence-electron chi connectivity index (χ0n) is 17.5. The molecule has 0 saturated carbocycles. The minimum Gasteiger partial charge on any atom is -0.507 e. The standard InChI is InChI=1S/C23H25FN2O4/c1-14-13-17(30-4)9-10-18(14)21(27)19-20(15-5-7-16(24)8-6-15)26(12-11-25(2)3)23(29)22(19)28/h5-10,13,20,27H,11-12H2,1-4H3/p+1/t20-/m1/s1. The van der Waals surface area contributed by atoms with Gasteiger partial charge in [0.25, 0.3) is 11.7 Å². The van der Waals surface area contributed by atoms with E-state index >= 15 is 0 Å².